The third-order valence-electron chi connectivity index (χ3n) is 4.91. The molecule has 0 aliphatic carbocycles. The van der Waals surface area contributed by atoms with Crippen LogP contribution in [0.3, 0.4) is 0 Å². The Labute approximate surface area is 160 Å². The van der Waals surface area contributed by atoms with Gasteiger partial charge in [-0.05, 0) is 25.3 Å². The van der Waals surface area contributed by atoms with Gasteiger partial charge in [-0.2, -0.15) is 0 Å². The number of nitrogens with zero attached hydrogens (tertiary/aromatic N) is 4. The Morgan fingerprint density at radius 1 is 1.22 bits per heavy atom. The van der Waals surface area contributed by atoms with Crippen molar-refractivity contribution >= 4 is 5.91 Å². The molecule has 7 heteroatoms. The highest BCUT2D eigenvalue weighted by atomic mass is 16.4. The number of hydrogen-bond acceptors (Lipinski definition) is 6. The number of benzene rings is 1. The van der Waals surface area contributed by atoms with Gasteiger partial charge >= 0.3 is 0 Å². The minimum absolute atomic E-state index is 0.169. The van der Waals surface area contributed by atoms with Crippen LogP contribution < -0.4 is 5.73 Å². The van der Waals surface area contributed by atoms with Gasteiger partial charge in [-0.3, -0.25) is 9.69 Å². The highest BCUT2D eigenvalue weighted by molar-refractivity contribution is 5.79. The van der Waals surface area contributed by atoms with E-state index in [1.165, 1.54) is 0 Å². The van der Waals surface area contributed by atoms with Crippen molar-refractivity contribution in [3.63, 3.8) is 0 Å². The van der Waals surface area contributed by atoms with Crippen LogP contribution in [-0.4, -0.2) is 52.1 Å². The number of carbonyl (C=O) groups is 1. The molecule has 1 aromatic carbocycles. The maximum absolute atomic E-state index is 12.3. The van der Waals surface area contributed by atoms with Crippen molar-refractivity contribution in [1.82, 2.24) is 20.0 Å². The zero-order valence-corrected chi connectivity index (χ0v) is 16.2. The van der Waals surface area contributed by atoms with E-state index in [0.29, 0.717) is 31.3 Å². The monoisotopic (exact) mass is 371 g/mol. The molecule has 1 aliphatic heterocycles. The molecule has 2 aromatic rings. The van der Waals surface area contributed by atoms with Gasteiger partial charge in [-0.25, -0.2) is 0 Å². The summed E-state index contributed by atoms with van der Waals surface area (Å²) in [4.78, 5) is 16.3. The predicted octanol–water partition coefficient (Wildman–Crippen LogP) is 1.93. The molecule has 0 radical (unpaired) electrons. The topological polar surface area (TPSA) is 88.5 Å². The molecule has 1 fully saturated rings. The quantitative estimate of drug-likeness (QED) is 0.763. The molecule has 1 amide bonds. The van der Waals surface area contributed by atoms with Gasteiger partial charge in [0.15, 0.2) is 0 Å². The zero-order valence-electron chi connectivity index (χ0n) is 16.2. The van der Waals surface area contributed by atoms with E-state index >= 15 is 0 Å². The van der Waals surface area contributed by atoms with Gasteiger partial charge in [0, 0.05) is 19.6 Å². The molecule has 1 aliphatic rings. The van der Waals surface area contributed by atoms with E-state index in [1.54, 1.807) is 0 Å². The number of amides is 1. The van der Waals surface area contributed by atoms with Crippen molar-refractivity contribution in [2.75, 3.05) is 26.2 Å². The molecule has 0 saturated carbocycles. The first-order valence-electron chi connectivity index (χ1n) is 9.64. The standard InChI is InChI=1S/C20H29N5O2/c1-3-4-10-25-12-11-24(15-18(25)26)14-17-22-23-19(27-17)20(2,21)13-16-8-6-5-7-9-16/h5-9H,3-4,10-15,21H2,1-2H3/t20-/m1/s1. The van der Waals surface area contributed by atoms with E-state index in [4.69, 9.17) is 10.2 Å². The summed E-state index contributed by atoms with van der Waals surface area (Å²) in [6.45, 7) is 7.32. The van der Waals surface area contributed by atoms with E-state index in [0.717, 1.165) is 38.0 Å². The largest absolute Gasteiger partial charge is 0.422 e. The van der Waals surface area contributed by atoms with Crippen LogP contribution in [0.1, 0.15) is 44.0 Å². The van der Waals surface area contributed by atoms with Crippen molar-refractivity contribution in [3.8, 4) is 0 Å². The summed E-state index contributed by atoms with van der Waals surface area (Å²) in [5.41, 5.74) is 6.82. The smallest absolute Gasteiger partial charge is 0.236 e. The van der Waals surface area contributed by atoms with Gasteiger partial charge in [0.1, 0.15) is 0 Å². The van der Waals surface area contributed by atoms with Crippen LogP contribution in [0, 0.1) is 0 Å². The average Bonchev–Trinajstić information content (AvgIpc) is 3.11. The second kappa shape index (κ2) is 8.63. The normalized spacial score (nSPS) is 17.9. The number of aromatic nitrogens is 2. The van der Waals surface area contributed by atoms with Gasteiger partial charge < -0.3 is 15.1 Å². The lowest BCUT2D eigenvalue weighted by Gasteiger charge is -2.33. The van der Waals surface area contributed by atoms with Crippen LogP contribution in [0.2, 0.25) is 0 Å². The van der Waals surface area contributed by atoms with Gasteiger partial charge in [0.2, 0.25) is 17.7 Å². The first-order valence-corrected chi connectivity index (χ1v) is 9.64. The second-order valence-corrected chi connectivity index (χ2v) is 7.53. The minimum Gasteiger partial charge on any atom is -0.422 e. The van der Waals surface area contributed by atoms with Gasteiger partial charge in [0.05, 0.1) is 18.6 Å². The summed E-state index contributed by atoms with van der Waals surface area (Å²) in [6, 6.07) is 10.0. The highest BCUT2D eigenvalue weighted by Crippen LogP contribution is 2.22. The maximum atomic E-state index is 12.3. The van der Waals surface area contributed by atoms with E-state index < -0.39 is 5.54 Å². The molecule has 0 spiro atoms. The number of carbonyl (C=O) groups excluding carboxylic acids is 1. The number of hydrogen-bond donors (Lipinski definition) is 1. The predicted molar refractivity (Wildman–Crippen MR) is 103 cm³/mol. The summed E-state index contributed by atoms with van der Waals surface area (Å²) < 4.78 is 5.84. The summed E-state index contributed by atoms with van der Waals surface area (Å²) in [5.74, 6) is 1.10. The summed E-state index contributed by atoms with van der Waals surface area (Å²) in [6.07, 6.45) is 2.76. The maximum Gasteiger partial charge on any atom is 0.236 e. The first kappa shape index (κ1) is 19.5. The van der Waals surface area contributed by atoms with Crippen LogP contribution in [0.4, 0.5) is 0 Å². The van der Waals surface area contributed by atoms with Crippen molar-refractivity contribution < 1.29 is 9.21 Å². The molecule has 2 heterocycles. The van der Waals surface area contributed by atoms with Crippen LogP contribution in [-0.2, 0) is 23.3 Å². The third kappa shape index (κ3) is 5.14. The van der Waals surface area contributed by atoms with Crippen molar-refractivity contribution in [2.24, 2.45) is 5.73 Å². The molecule has 7 nitrogen and oxygen atoms in total. The van der Waals surface area contributed by atoms with Gasteiger partial charge in [0.25, 0.3) is 0 Å². The molecular formula is C20H29N5O2. The molecule has 1 atom stereocenters. The Hall–Kier alpha value is -2.25. The summed E-state index contributed by atoms with van der Waals surface area (Å²) in [7, 11) is 0. The molecule has 3 rings (SSSR count). The SMILES string of the molecule is CCCCN1CCN(Cc2nnc([C@](C)(N)Cc3ccccc3)o2)CC1=O. The number of rotatable bonds is 8. The molecule has 2 N–H and O–H groups in total. The Bertz CT molecular complexity index is 744. The van der Waals surface area contributed by atoms with Crippen LogP contribution >= 0.6 is 0 Å². The van der Waals surface area contributed by atoms with Gasteiger partial charge in [-0.15, -0.1) is 10.2 Å². The number of nitrogens with two attached hydrogens (primary N) is 1. The molecule has 0 unspecified atom stereocenters. The van der Waals surface area contributed by atoms with Crippen LogP contribution in [0.25, 0.3) is 0 Å². The molecule has 146 valence electrons. The lowest BCUT2D eigenvalue weighted by molar-refractivity contribution is -0.136. The lowest BCUT2D eigenvalue weighted by atomic mass is 9.94. The third-order valence-corrected chi connectivity index (χ3v) is 4.91. The Morgan fingerprint density at radius 3 is 2.70 bits per heavy atom. The fourth-order valence-electron chi connectivity index (χ4n) is 3.31. The molecule has 0 bridgehead atoms. The Kier molecular flexibility index (Phi) is 6.23. The lowest BCUT2D eigenvalue weighted by Crippen LogP contribution is -2.50. The highest BCUT2D eigenvalue weighted by Gasteiger charge is 2.30. The van der Waals surface area contributed by atoms with Crippen molar-refractivity contribution in [3.05, 3.63) is 47.7 Å². The molecular weight excluding hydrogens is 342 g/mol. The second-order valence-electron chi connectivity index (χ2n) is 7.53. The molecule has 1 saturated heterocycles. The van der Waals surface area contributed by atoms with E-state index in [2.05, 4.69) is 17.1 Å². The fourth-order valence-corrected chi connectivity index (χ4v) is 3.31. The van der Waals surface area contributed by atoms with Crippen LogP contribution in [0.5, 0.6) is 0 Å². The number of piperazine rings is 1. The Morgan fingerprint density at radius 2 is 2.00 bits per heavy atom. The first-order chi connectivity index (χ1) is 13.0. The van der Waals surface area contributed by atoms with Crippen LogP contribution in [0.15, 0.2) is 34.7 Å². The van der Waals surface area contributed by atoms with Crippen molar-refractivity contribution in [1.29, 1.82) is 0 Å². The van der Waals surface area contributed by atoms with E-state index in [9.17, 15) is 4.79 Å². The number of unbranched alkanes of at least 4 members (excludes halogenated alkanes) is 1. The molecule has 27 heavy (non-hydrogen) atoms. The van der Waals surface area contributed by atoms with Gasteiger partial charge in [-0.1, -0.05) is 43.7 Å². The average molecular weight is 371 g/mol. The fraction of sp³-hybridized carbons (Fsp3) is 0.550. The van der Waals surface area contributed by atoms with Crippen molar-refractivity contribution in [2.45, 2.75) is 45.2 Å². The Balaban J connectivity index is 1.57. The molecule has 1 aromatic heterocycles. The minimum atomic E-state index is -0.735. The van der Waals surface area contributed by atoms with E-state index in [-0.39, 0.29) is 5.91 Å². The summed E-state index contributed by atoms with van der Waals surface area (Å²) in [5, 5.41) is 8.31. The zero-order chi connectivity index (χ0) is 19.3. The van der Waals surface area contributed by atoms with E-state index in [1.807, 2.05) is 47.1 Å². The summed E-state index contributed by atoms with van der Waals surface area (Å²) >= 11 is 0.